The lowest BCUT2D eigenvalue weighted by Crippen LogP contribution is -2.22. The van der Waals surface area contributed by atoms with Gasteiger partial charge in [0.2, 0.25) is 0 Å². The summed E-state index contributed by atoms with van der Waals surface area (Å²) in [5.74, 6) is -1.71. The number of ether oxygens (including phenoxy) is 1. The molecule has 1 aromatic carbocycles. The molecule has 1 fully saturated rings. The van der Waals surface area contributed by atoms with Crippen molar-refractivity contribution >= 4 is 47.2 Å². The van der Waals surface area contributed by atoms with Gasteiger partial charge in [0.15, 0.2) is 12.4 Å². The summed E-state index contributed by atoms with van der Waals surface area (Å²) >= 11 is 11.9. The molecule has 21 heavy (non-hydrogen) atoms. The number of carboxylic acid groups (broad SMARTS) is 1. The topological polar surface area (TPSA) is 105 Å². The molecule has 1 aliphatic heterocycles. The van der Waals surface area contributed by atoms with E-state index < -0.39 is 24.5 Å². The zero-order valence-corrected chi connectivity index (χ0v) is 11.8. The van der Waals surface area contributed by atoms with Crippen molar-refractivity contribution in [3.8, 4) is 5.75 Å². The summed E-state index contributed by atoms with van der Waals surface area (Å²) in [6.07, 6.45) is 1.37. The summed E-state index contributed by atoms with van der Waals surface area (Å²) in [6, 6.07) is 2.23. The second-order valence-corrected chi connectivity index (χ2v) is 4.78. The summed E-state index contributed by atoms with van der Waals surface area (Å²) in [6.45, 7) is -0.585. The molecule has 3 amide bonds. The van der Waals surface area contributed by atoms with Gasteiger partial charge in [-0.25, -0.2) is 9.59 Å². The number of carboxylic acids is 1. The Morgan fingerprint density at radius 2 is 1.86 bits per heavy atom. The second kappa shape index (κ2) is 6.02. The van der Waals surface area contributed by atoms with E-state index >= 15 is 0 Å². The molecule has 0 spiro atoms. The molecule has 2 rings (SSSR count). The maximum absolute atomic E-state index is 11.4. The fraction of sp³-hybridized carbons (Fsp3) is 0.0833. The number of carbonyl (C=O) groups excluding carboxylic acids is 2. The highest BCUT2D eigenvalue weighted by Crippen LogP contribution is 2.34. The van der Waals surface area contributed by atoms with E-state index in [9.17, 15) is 14.4 Å². The predicted octanol–water partition coefficient (Wildman–Crippen LogP) is 1.64. The van der Waals surface area contributed by atoms with Gasteiger partial charge >= 0.3 is 12.0 Å². The van der Waals surface area contributed by atoms with E-state index in [4.69, 9.17) is 33.0 Å². The Labute approximate surface area is 128 Å². The Kier molecular flexibility index (Phi) is 4.35. The van der Waals surface area contributed by atoms with Crippen LogP contribution in [0, 0.1) is 0 Å². The standard InChI is InChI=1S/C12H8Cl2N2O5/c13-6-1-5(3-8-11(19)16-12(20)15-8)2-7(14)10(6)21-4-9(17)18/h1-3H,4H2,(H,17,18)(H2,15,16,19,20). The van der Waals surface area contributed by atoms with Crippen molar-refractivity contribution in [3.63, 3.8) is 0 Å². The van der Waals surface area contributed by atoms with Gasteiger partial charge in [0.05, 0.1) is 10.0 Å². The highest BCUT2D eigenvalue weighted by molar-refractivity contribution is 6.37. The molecule has 0 atom stereocenters. The Hall–Kier alpha value is -2.25. The summed E-state index contributed by atoms with van der Waals surface area (Å²) in [4.78, 5) is 32.8. The molecular weight excluding hydrogens is 323 g/mol. The summed E-state index contributed by atoms with van der Waals surface area (Å²) in [5.41, 5.74) is 0.492. The first-order chi connectivity index (χ1) is 9.86. The van der Waals surface area contributed by atoms with Gasteiger partial charge in [-0.2, -0.15) is 0 Å². The maximum Gasteiger partial charge on any atom is 0.341 e. The van der Waals surface area contributed by atoms with E-state index in [1.165, 1.54) is 18.2 Å². The number of nitrogens with one attached hydrogen (secondary N) is 2. The Morgan fingerprint density at radius 3 is 2.33 bits per heavy atom. The van der Waals surface area contributed by atoms with Gasteiger partial charge in [-0.1, -0.05) is 23.2 Å². The SMILES string of the molecule is O=C(O)COc1c(Cl)cc(C=C2NC(=O)NC2=O)cc1Cl. The molecule has 1 saturated heterocycles. The van der Waals surface area contributed by atoms with Crippen molar-refractivity contribution in [3.05, 3.63) is 33.4 Å². The number of amides is 3. The molecule has 3 N–H and O–H groups in total. The lowest BCUT2D eigenvalue weighted by Gasteiger charge is -2.09. The van der Waals surface area contributed by atoms with Gasteiger partial charge in [0.1, 0.15) is 5.70 Å². The van der Waals surface area contributed by atoms with Crippen molar-refractivity contribution in [1.29, 1.82) is 0 Å². The molecule has 0 radical (unpaired) electrons. The van der Waals surface area contributed by atoms with E-state index in [0.717, 1.165) is 0 Å². The fourth-order valence-corrected chi connectivity index (χ4v) is 2.20. The van der Waals surface area contributed by atoms with Crippen LogP contribution in [0.4, 0.5) is 4.79 Å². The maximum atomic E-state index is 11.4. The quantitative estimate of drug-likeness (QED) is 0.575. The van der Waals surface area contributed by atoms with Crippen molar-refractivity contribution < 1.29 is 24.2 Å². The van der Waals surface area contributed by atoms with Crippen LogP contribution in [-0.2, 0) is 9.59 Å². The number of aliphatic carboxylic acids is 1. The average Bonchev–Trinajstić information content (AvgIpc) is 2.66. The van der Waals surface area contributed by atoms with Gasteiger partial charge in [0.25, 0.3) is 5.91 Å². The van der Waals surface area contributed by atoms with Gasteiger partial charge in [-0.05, 0) is 23.8 Å². The second-order valence-electron chi connectivity index (χ2n) is 3.96. The molecule has 1 aliphatic rings. The first-order valence-corrected chi connectivity index (χ1v) is 6.30. The molecular formula is C12H8Cl2N2O5. The van der Waals surface area contributed by atoms with Crippen LogP contribution in [0.5, 0.6) is 5.75 Å². The first-order valence-electron chi connectivity index (χ1n) is 5.54. The monoisotopic (exact) mass is 330 g/mol. The summed E-state index contributed by atoms with van der Waals surface area (Å²) < 4.78 is 4.96. The van der Waals surface area contributed by atoms with Gasteiger partial charge in [-0.15, -0.1) is 0 Å². The van der Waals surface area contributed by atoms with Crippen LogP contribution >= 0.6 is 23.2 Å². The molecule has 0 aliphatic carbocycles. The third-order valence-electron chi connectivity index (χ3n) is 2.39. The van der Waals surface area contributed by atoms with Crippen LogP contribution in [0.15, 0.2) is 17.8 Å². The van der Waals surface area contributed by atoms with Crippen LogP contribution in [0.25, 0.3) is 6.08 Å². The van der Waals surface area contributed by atoms with Crippen molar-refractivity contribution in [1.82, 2.24) is 10.6 Å². The summed E-state index contributed by atoms with van der Waals surface area (Å²) in [7, 11) is 0. The van der Waals surface area contributed by atoms with Gasteiger partial charge in [0, 0.05) is 0 Å². The van der Waals surface area contributed by atoms with E-state index in [1.807, 2.05) is 5.32 Å². The van der Waals surface area contributed by atoms with Crippen LogP contribution in [0.2, 0.25) is 10.0 Å². The molecule has 7 nitrogen and oxygen atoms in total. The van der Waals surface area contributed by atoms with E-state index in [2.05, 4.69) is 5.32 Å². The van der Waals surface area contributed by atoms with E-state index in [-0.39, 0.29) is 21.5 Å². The Bertz CT molecular complexity index is 649. The zero-order valence-electron chi connectivity index (χ0n) is 10.3. The smallest absolute Gasteiger partial charge is 0.341 e. The lowest BCUT2D eigenvalue weighted by molar-refractivity contribution is -0.139. The third-order valence-corrected chi connectivity index (χ3v) is 2.95. The minimum Gasteiger partial charge on any atom is -0.479 e. The van der Waals surface area contributed by atoms with Crippen molar-refractivity contribution in [2.45, 2.75) is 0 Å². The Morgan fingerprint density at radius 1 is 1.24 bits per heavy atom. The normalized spacial score (nSPS) is 15.8. The predicted molar refractivity (Wildman–Crippen MR) is 74.2 cm³/mol. The molecule has 0 saturated carbocycles. The fourth-order valence-electron chi connectivity index (χ4n) is 1.58. The number of halogens is 2. The van der Waals surface area contributed by atoms with Crippen molar-refractivity contribution in [2.75, 3.05) is 6.61 Å². The number of hydrogen-bond acceptors (Lipinski definition) is 4. The molecule has 0 unspecified atom stereocenters. The number of rotatable bonds is 4. The van der Waals surface area contributed by atoms with Crippen LogP contribution in [-0.4, -0.2) is 29.6 Å². The van der Waals surface area contributed by atoms with Crippen LogP contribution in [0.1, 0.15) is 5.56 Å². The number of benzene rings is 1. The number of urea groups is 1. The third kappa shape index (κ3) is 3.65. The molecule has 0 aromatic heterocycles. The highest BCUT2D eigenvalue weighted by Gasteiger charge is 2.23. The van der Waals surface area contributed by atoms with Crippen LogP contribution in [0.3, 0.4) is 0 Å². The zero-order chi connectivity index (χ0) is 15.6. The minimum atomic E-state index is -1.17. The first kappa shape index (κ1) is 15.1. The molecule has 1 aromatic rings. The van der Waals surface area contributed by atoms with E-state index in [0.29, 0.717) is 5.56 Å². The molecule has 9 heteroatoms. The lowest BCUT2D eigenvalue weighted by atomic mass is 10.2. The van der Waals surface area contributed by atoms with Crippen LogP contribution < -0.4 is 15.4 Å². The number of hydrogen-bond donors (Lipinski definition) is 3. The largest absolute Gasteiger partial charge is 0.479 e. The molecule has 1 heterocycles. The van der Waals surface area contributed by atoms with Gasteiger partial charge in [-0.3, -0.25) is 10.1 Å². The summed E-state index contributed by atoms with van der Waals surface area (Å²) in [5, 5.41) is 13.1. The minimum absolute atomic E-state index is 0.0304. The molecule has 0 bridgehead atoms. The number of carbonyl (C=O) groups is 3. The highest BCUT2D eigenvalue weighted by atomic mass is 35.5. The van der Waals surface area contributed by atoms with E-state index in [1.54, 1.807) is 0 Å². The average molecular weight is 331 g/mol. The molecule has 110 valence electrons. The van der Waals surface area contributed by atoms with Gasteiger partial charge < -0.3 is 15.2 Å². The Balaban J connectivity index is 2.27. The van der Waals surface area contributed by atoms with Crippen molar-refractivity contribution in [2.24, 2.45) is 0 Å². The number of imide groups is 1.